The normalized spacial score (nSPS) is 13.8. The maximum atomic E-state index is 13.2. The van der Waals surface area contributed by atoms with Crippen LogP contribution in [-0.2, 0) is 0 Å². The monoisotopic (exact) mass is 196 g/mol. The molecule has 4 nitrogen and oxygen atoms in total. The number of nitrogens with zero attached hydrogens (tertiary/aromatic N) is 1. The number of aliphatic imine (C=N–C) groups is 1. The van der Waals surface area contributed by atoms with Crippen molar-refractivity contribution in [2.45, 2.75) is 13.0 Å². The Morgan fingerprint density at radius 1 is 1.50 bits per heavy atom. The van der Waals surface area contributed by atoms with Crippen molar-refractivity contribution in [3.63, 3.8) is 0 Å². The fourth-order valence-corrected chi connectivity index (χ4v) is 1.13. The van der Waals surface area contributed by atoms with Gasteiger partial charge in [0.25, 0.3) is 0 Å². The van der Waals surface area contributed by atoms with E-state index < -0.39 is 0 Å². The second-order valence-electron chi connectivity index (χ2n) is 2.86. The highest BCUT2D eigenvalue weighted by Gasteiger charge is 2.08. The van der Waals surface area contributed by atoms with Crippen molar-refractivity contribution >= 4 is 5.96 Å². The van der Waals surface area contributed by atoms with Gasteiger partial charge in [-0.3, -0.25) is 5.43 Å². The molecule has 1 atom stereocenters. The molecule has 0 saturated carbocycles. The van der Waals surface area contributed by atoms with Crippen LogP contribution in [0, 0.1) is 5.82 Å². The lowest BCUT2D eigenvalue weighted by molar-refractivity contribution is 0.593. The Labute approximate surface area is 81.8 Å². The van der Waals surface area contributed by atoms with Crippen LogP contribution in [0.15, 0.2) is 29.3 Å². The summed E-state index contributed by atoms with van der Waals surface area (Å²) in [6, 6.07) is 6.06. The van der Waals surface area contributed by atoms with Gasteiger partial charge in [0.05, 0.1) is 6.04 Å². The fraction of sp³-hybridized carbons (Fsp3) is 0.222. The number of nitrogens with one attached hydrogen (secondary N) is 1. The van der Waals surface area contributed by atoms with E-state index in [2.05, 4.69) is 10.4 Å². The minimum Gasteiger partial charge on any atom is -0.369 e. The number of halogens is 1. The summed E-state index contributed by atoms with van der Waals surface area (Å²) < 4.78 is 13.2. The van der Waals surface area contributed by atoms with Gasteiger partial charge >= 0.3 is 0 Å². The third kappa shape index (κ3) is 2.43. The van der Waals surface area contributed by atoms with Gasteiger partial charge in [0.15, 0.2) is 0 Å². The van der Waals surface area contributed by atoms with Crippen molar-refractivity contribution in [3.8, 4) is 0 Å². The Balaban J connectivity index is 2.90. The van der Waals surface area contributed by atoms with E-state index >= 15 is 0 Å². The van der Waals surface area contributed by atoms with Crippen LogP contribution in [0.1, 0.15) is 18.5 Å². The molecule has 0 saturated heterocycles. The Bertz CT molecular complexity index is 337. The van der Waals surface area contributed by atoms with Crippen LogP contribution in [0.4, 0.5) is 4.39 Å². The zero-order valence-electron chi connectivity index (χ0n) is 7.87. The zero-order chi connectivity index (χ0) is 10.6. The predicted molar refractivity (Wildman–Crippen MR) is 53.8 cm³/mol. The smallest absolute Gasteiger partial charge is 0.203 e. The molecule has 5 heteroatoms. The SMILES string of the molecule is C[C@@H](N=C(N)NN)c1ccccc1F. The molecule has 1 aromatic rings. The minimum atomic E-state index is -0.354. The van der Waals surface area contributed by atoms with E-state index in [1.54, 1.807) is 25.1 Å². The van der Waals surface area contributed by atoms with Crippen molar-refractivity contribution in [2.75, 3.05) is 0 Å². The quantitative estimate of drug-likeness (QED) is 0.281. The molecule has 1 rings (SSSR count). The van der Waals surface area contributed by atoms with Crippen molar-refractivity contribution in [2.24, 2.45) is 16.6 Å². The summed E-state index contributed by atoms with van der Waals surface area (Å²) in [4.78, 5) is 3.94. The van der Waals surface area contributed by atoms with Crippen molar-refractivity contribution in [1.29, 1.82) is 0 Å². The first kappa shape index (κ1) is 10.5. The molecule has 76 valence electrons. The van der Waals surface area contributed by atoms with Crippen molar-refractivity contribution < 1.29 is 4.39 Å². The van der Waals surface area contributed by atoms with E-state index in [0.29, 0.717) is 5.56 Å². The average molecular weight is 196 g/mol. The van der Waals surface area contributed by atoms with Gasteiger partial charge in [-0.05, 0) is 13.0 Å². The number of hydrogen-bond donors (Lipinski definition) is 3. The summed E-state index contributed by atoms with van der Waals surface area (Å²) in [6.45, 7) is 1.74. The number of guanidine groups is 1. The summed E-state index contributed by atoms with van der Waals surface area (Å²) >= 11 is 0. The summed E-state index contributed by atoms with van der Waals surface area (Å²) in [5.41, 5.74) is 8.03. The molecule has 0 spiro atoms. The molecule has 1 aromatic carbocycles. The number of benzene rings is 1. The largest absolute Gasteiger partial charge is 0.369 e. The average Bonchev–Trinajstić information content (AvgIpc) is 2.18. The molecule has 0 radical (unpaired) electrons. The Morgan fingerprint density at radius 2 is 2.14 bits per heavy atom. The van der Waals surface area contributed by atoms with Gasteiger partial charge in [0.2, 0.25) is 5.96 Å². The van der Waals surface area contributed by atoms with E-state index in [0.717, 1.165) is 0 Å². The van der Waals surface area contributed by atoms with Gasteiger partial charge in [-0.1, -0.05) is 18.2 Å². The summed E-state index contributed by atoms with van der Waals surface area (Å²) in [6.07, 6.45) is 0. The molecule has 0 aliphatic carbocycles. The molecule has 5 N–H and O–H groups in total. The van der Waals surface area contributed by atoms with Gasteiger partial charge < -0.3 is 5.73 Å². The van der Waals surface area contributed by atoms with E-state index in [1.165, 1.54) is 6.07 Å². The standard InChI is InChI=1S/C9H13FN4/c1-6(13-9(11)14-12)7-4-2-3-5-8(7)10/h2-6H,12H2,1H3,(H3,11,13,14)/t6-/m1/s1. The van der Waals surface area contributed by atoms with Crippen molar-refractivity contribution in [3.05, 3.63) is 35.6 Å². The molecule has 0 unspecified atom stereocenters. The maximum absolute atomic E-state index is 13.2. The zero-order valence-corrected chi connectivity index (χ0v) is 7.87. The van der Waals surface area contributed by atoms with E-state index in [-0.39, 0.29) is 17.8 Å². The van der Waals surface area contributed by atoms with Crippen LogP contribution in [-0.4, -0.2) is 5.96 Å². The molecule has 14 heavy (non-hydrogen) atoms. The highest BCUT2D eigenvalue weighted by atomic mass is 19.1. The lowest BCUT2D eigenvalue weighted by Gasteiger charge is -2.08. The topological polar surface area (TPSA) is 76.4 Å². The molecule has 0 amide bonds. The lowest BCUT2D eigenvalue weighted by atomic mass is 10.1. The molecule has 0 aliphatic rings. The third-order valence-electron chi connectivity index (χ3n) is 1.84. The molecule has 0 fully saturated rings. The van der Waals surface area contributed by atoms with Gasteiger partial charge in [0.1, 0.15) is 5.82 Å². The van der Waals surface area contributed by atoms with Crippen LogP contribution < -0.4 is 17.0 Å². The summed E-state index contributed by atoms with van der Waals surface area (Å²) in [5, 5.41) is 0. The van der Waals surface area contributed by atoms with Crippen LogP contribution in [0.5, 0.6) is 0 Å². The second-order valence-corrected chi connectivity index (χ2v) is 2.86. The van der Waals surface area contributed by atoms with Crippen LogP contribution in [0.3, 0.4) is 0 Å². The molecule has 0 aliphatic heterocycles. The minimum absolute atomic E-state index is 0.0840. The van der Waals surface area contributed by atoms with Gasteiger partial charge in [0, 0.05) is 5.56 Å². The molecule has 0 heterocycles. The van der Waals surface area contributed by atoms with Crippen LogP contribution in [0.2, 0.25) is 0 Å². The van der Waals surface area contributed by atoms with Gasteiger partial charge in [-0.25, -0.2) is 15.2 Å². The number of nitrogens with two attached hydrogens (primary N) is 2. The van der Waals surface area contributed by atoms with Crippen molar-refractivity contribution in [1.82, 2.24) is 5.43 Å². The lowest BCUT2D eigenvalue weighted by Crippen LogP contribution is -2.37. The van der Waals surface area contributed by atoms with Gasteiger partial charge in [-0.15, -0.1) is 0 Å². The maximum Gasteiger partial charge on any atom is 0.203 e. The first-order chi connectivity index (χ1) is 6.65. The highest BCUT2D eigenvalue weighted by molar-refractivity contribution is 5.77. The predicted octanol–water partition coefficient (Wildman–Crippen LogP) is 0.665. The summed E-state index contributed by atoms with van der Waals surface area (Å²) in [7, 11) is 0. The van der Waals surface area contributed by atoms with Gasteiger partial charge in [-0.2, -0.15) is 0 Å². The first-order valence-corrected chi connectivity index (χ1v) is 4.19. The number of hydrogen-bond acceptors (Lipinski definition) is 2. The molecular formula is C9H13FN4. The first-order valence-electron chi connectivity index (χ1n) is 4.19. The Hall–Kier alpha value is -1.62. The molecule has 0 aromatic heterocycles. The number of hydrazine groups is 1. The van der Waals surface area contributed by atoms with E-state index in [9.17, 15) is 4.39 Å². The highest BCUT2D eigenvalue weighted by Crippen LogP contribution is 2.19. The Morgan fingerprint density at radius 3 is 2.71 bits per heavy atom. The van der Waals surface area contributed by atoms with Crippen LogP contribution >= 0.6 is 0 Å². The number of rotatable bonds is 2. The second kappa shape index (κ2) is 4.57. The Kier molecular flexibility index (Phi) is 3.41. The van der Waals surface area contributed by atoms with E-state index in [4.69, 9.17) is 11.6 Å². The molecule has 0 bridgehead atoms. The van der Waals surface area contributed by atoms with Crippen LogP contribution in [0.25, 0.3) is 0 Å². The fourth-order valence-electron chi connectivity index (χ4n) is 1.13. The molecular weight excluding hydrogens is 183 g/mol. The summed E-state index contributed by atoms with van der Waals surface area (Å²) in [5.74, 6) is 4.82. The third-order valence-corrected chi connectivity index (χ3v) is 1.84. The van der Waals surface area contributed by atoms with E-state index in [1.807, 2.05) is 0 Å².